The van der Waals surface area contributed by atoms with E-state index in [1.807, 2.05) is 0 Å². The number of aliphatic imine (C=N–C) groups is 1. The molecule has 0 aromatic rings. The van der Waals surface area contributed by atoms with Gasteiger partial charge in [-0.25, -0.2) is 9.79 Å². The van der Waals surface area contributed by atoms with Crippen LogP contribution in [0, 0.1) is 0 Å². The fourth-order valence-electron chi connectivity index (χ4n) is 0.130. The Labute approximate surface area is 50.1 Å². The van der Waals surface area contributed by atoms with Crippen molar-refractivity contribution in [3.05, 3.63) is 11.1 Å². The summed E-state index contributed by atoms with van der Waals surface area (Å²) in [5, 5.41) is 0. The normalized spacial score (nSPS) is 8.71. The Balaban J connectivity index is 3.15. The first-order chi connectivity index (χ1) is 3.41. The van der Waals surface area contributed by atoms with Crippen LogP contribution in [0.5, 0.6) is 0 Å². The fraction of sp³-hybridized carbons (Fsp3) is 0.250. The molecule has 2 nitrogen and oxygen atoms in total. The smallest absolute Gasteiger partial charge is 0.211 e. The maximum absolute atomic E-state index is 9.34. The van der Waals surface area contributed by atoms with Gasteiger partial charge in [0.15, 0.2) is 0 Å². The summed E-state index contributed by atoms with van der Waals surface area (Å²) < 4.78 is 0. The zero-order chi connectivity index (χ0) is 5.54. The Morgan fingerprint density at radius 2 is 2.57 bits per heavy atom. The van der Waals surface area contributed by atoms with Gasteiger partial charge in [-0.1, -0.05) is 22.0 Å². The van der Waals surface area contributed by atoms with Crippen LogP contribution in [0.3, 0.4) is 0 Å². The molecule has 0 N–H and O–H groups in total. The van der Waals surface area contributed by atoms with Crippen LogP contribution >= 0.6 is 15.9 Å². The third-order valence-electron chi connectivity index (χ3n) is 0.350. The summed E-state index contributed by atoms with van der Waals surface area (Å²) in [6.45, 7) is 0.411. The highest BCUT2D eigenvalue weighted by atomic mass is 79.9. The van der Waals surface area contributed by atoms with Crippen molar-refractivity contribution in [2.75, 3.05) is 6.54 Å². The van der Waals surface area contributed by atoms with Gasteiger partial charge in [-0.3, -0.25) is 0 Å². The molecule has 0 aromatic carbocycles. The molecule has 0 rings (SSSR count). The molecule has 0 radical (unpaired) electrons. The van der Waals surface area contributed by atoms with Gasteiger partial charge in [0.05, 0.1) is 6.54 Å². The minimum atomic E-state index is 0.411. The molecular weight excluding hydrogens is 158 g/mol. The first kappa shape index (κ1) is 6.60. The summed E-state index contributed by atoms with van der Waals surface area (Å²) in [7, 11) is 0. The van der Waals surface area contributed by atoms with Crippen molar-refractivity contribution in [2.45, 2.75) is 0 Å². The number of carbonyl (C=O) groups excluding carboxylic acids is 1. The van der Waals surface area contributed by atoms with Crippen LogP contribution in [0.15, 0.2) is 16.1 Å². The molecule has 0 amide bonds. The van der Waals surface area contributed by atoms with Gasteiger partial charge in [-0.15, -0.1) is 0 Å². The second-order valence-electron chi connectivity index (χ2n) is 0.794. The predicted molar refractivity (Wildman–Crippen MR) is 31.1 cm³/mol. The van der Waals surface area contributed by atoms with E-state index in [0.29, 0.717) is 6.54 Å². The van der Waals surface area contributed by atoms with E-state index in [-0.39, 0.29) is 0 Å². The molecule has 0 aromatic heterocycles. The van der Waals surface area contributed by atoms with E-state index in [4.69, 9.17) is 0 Å². The predicted octanol–water partition coefficient (Wildman–Crippen LogP) is 1.23. The van der Waals surface area contributed by atoms with E-state index in [2.05, 4.69) is 20.9 Å². The van der Waals surface area contributed by atoms with Gasteiger partial charge in [-0.05, 0) is 4.99 Å². The van der Waals surface area contributed by atoms with Gasteiger partial charge in [0.25, 0.3) is 0 Å². The topological polar surface area (TPSA) is 29.4 Å². The zero-order valence-electron chi connectivity index (χ0n) is 3.60. The molecule has 0 heterocycles. The largest absolute Gasteiger partial charge is 0.235 e. The number of hydrogen-bond donors (Lipinski definition) is 0. The van der Waals surface area contributed by atoms with Crippen LogP contribution in [-0.4, -0.2) is 12.6 Å². The molecule has 0 saturated heterocycles. The van der Waals surface area contributed by atoms with E-state index in [1.54, 1.807) is 11.1 Å². The van der Waals surface area contributed by atoms with Gasteiger partial charge in [-0.2, -0.15) is 0 Å². The first-order valence-corrected chi connectivity index (χ1v) is 2.62. The highest BCUT2D eigenvalue weighted by molar-refractivity contribution is 9.11. The fourth-order valence-corrected chi connectivity index (χ4v) is 0.297. The highest BCUT2D eigenvalue weighted by Gasteiger charge is 1.63. The molecule has 0 aliphatic carbocycles. The van der Waals surface area contributed by atoms with Crippen LogP contribution in [0.1, 0.15) is 0 Å². The Morgan fingerprint density at radius 1 is 1.86 bits per heavy atom. The molecule has 0 aliphatic heterocycles. The molecule has 0 bridgehead atoms. The SMILES string of the molecule is O=C=NC/C=C/Br. The number of halogens is 1. The van der Waals surface area contributed by atoms with Crippen LogP contribution in [0.4, 0.5) is 0 Å². The summed E-state index contributed by atoms with van der Waals surface area (Å²) >= 11 is 3.01. The standard InChI is InChI=1S/C4H4BrNO/c5-2-1-3-6-4-7/h1-2H,3H2/b2-1+. The molecule has 0 unspecified atom stereocenters. The highest BCUT2D eigenvalue weighted by Crippen LogP contribution is 1.80. The van der Waals surface area contributed by atoms with Crippen LogP contribution in [-0.2, 0) is 4.79 Å². The van der Waals surface area contributed by atoms with Gasteiger partial charge >= 0.3 is 0 Å². The van der Waals surface area contributed by atoms with Crippen molar-refractivity contribution in [2.24, 2.45) is 4.99 Å². The Kier molecular flexibility index (Phi) is 5.28. The monoisotopic (exact) mass is 161 g/mol. The second-order valence-corrected chi connectivity index (χ2v) is 1.32. The summed E-state index contributed by atoms with van der Waals surface area (Å²) in [6, 6.07) is 0. The van der Waals surface area contributed by atoms with Crippen molar-refractivity contribution in [3.63, 3.8) is 0 Å². The maximum atomic E-state index is 9.34. The lowest BCUT2D eigenvalue weighted by Gasteiger charge is -1.67. The molecule has 38 valence electrons. The van der Waals surface area contributed by atoms with Crippen LogP contribution in [0.25, 0.3) is 0 Å². The van der Waals surface area contributed by atoms with Crippen molar-refractivity contribution < 1.29 is 4.79 Å². The molecule has 0 aliphatic rings. The lowest BCUT2D eigenvalue weighted by Crippen LogP contribution is -1.64. The first-order valence-electron chi connectivity index (χ1n) is 1.70. The lowest BCUT2D eigenvalue weighted by atomic mass is 10.7. The molecule has 0 spiro atoms. The molecule has 3 heteroatoms. The van der Waals surface area contributed by atoms with Crippen molar-refractivity contribution in [1.29, 1.82) is 0 Å². The molecule has 0 atom stereocenters. The Morgan fingerprint density at radius 3 is 3.00 bits per heavy atom. The summed E-state index contributed by atoms with van der Waals surface area (Å²) in [5.74, 6) is 0. The maximum Gasteiger partial charge on any atom is 0.235 e. The minimum absolute atomic E-state index is 0.411. The van der Waals surface area contributed by atoms with Crippen LogP contribution < -0.4 is 0 Å². The summed E-state index contributed by atoms with van der Waals surface area (Å²) in [4.78, 5) is 14.2. The number of hydrogen-bond acceptors (Lipinski definition) is 2. The summed E-state index contributed by atoms with van der Waals surface area (Å²) in [5.41, 5.74) is 0. The van der Waals surface area contributed by atoms with E-state index < -0.39 is 0 Å². The van der Waals surface area contributed by atoms with Gasteiger partial charge in [0, 0.05) is 0 Å². The molecule has 0 fully saturated rings. The van der Waals surface area contributed by atoms with Crippen LogP contribution in [0.2, 0.25) is 0 Å². The van der Waals surface area contributed by atoms with E-state index in [9.17, 15) is 4.79 Å². The Bertz CT molecular complexity index is 104. The molecular formula is C4H4BrNO. The number of rotatable bonds is 2. The average molecular weight is 162 g/mol. The third-order valence-corrected chi connectivity index (χ3v) is 0.724. The van der Waals surface area contributed by atoms with E-state index >= 15 is 0 Å². The summed E-state index contributed by atoms with van der Waals surface area (Å²) in [6.07, 6.45) is 3.10. The van der Waals surface area contributed by atoms with Gasteiger partial charge in [0.1, 0.15) is 0 Å². The third kappa shape index (κ3) is 5.60. The minimum Gasteiger partial charge on any atom is -0.211 e. The van der Waals surface area contributed by atoms with Crippen molar-refractivity contribution in [3.8, 4) is 0 Å². The zero-order valence-corrected chi connectivity index (χ0v) is 5.18. The quantitative estimate of drug-likeness (QED) is 0.443. The molecule has 7 heavy (non-hydrogen) atoms. The van der Waals surface area contributed by atoms with E-state index in [1.165, 1.54) is 6.08 Å². The van der Waals surface area contributed by atoms with Crippen molar-refractivity contribution in [1.82, 2.24) is 0 Å². The molecule has 0 saturated carbocycles. The average Bonchev–Trinajstić information content (AvgIpc) is 1.69. The second kappa shape index (κ2) is 5.60. The van der Waals surface area contributed by atoms with E-state index in [0.717, 1.165) is 0 Å². The Hall–Kier alpha value is -0.400. The number of isocyanates is 1. The lowest BCUT2D eigenvalue weighted by molar-refractivity contribution is 0.564. The van der Waals surface area contributed by atoms with Crippen molar-refractivity contribution >= 4 is 22.0 Å². The van der Waals surface area contributed by atoms with Gasteiger partial charge in [0.2, 0.25) is 6.08 Å². The number of nitrogens with zero attached hydrogens (tertiary/aromatic N) is 1. The van der Waals surface area contributed by atoms with Gasteiger partial charge < -0.3 is 0 Å².